The van der Waals surface area contributed by atoms with Crippen molar-refractivity contribution in [3.63, 3.8) is 0 Å². The van der Waals surface area contributed by atoms with Crippen molar-refractivity contribution in [3.8, 4) is 0 Å². The molecule has 5 atom stereocenters. The number of fused-ring (bicyclic) bond motifs is 6. The van der Waals surface area contributed by atoms with Gasteiger partial charge >= 0.3 is 0 Å². The van der Waals surface area contributed by atoms with Crippen LogP contribution in [0.2, 0.25) is 0 Å². The van der Waals surface area contributed by atoms with Crippen LogP contribution in [0.5, 0.6) is 0 Å². The lowest BCUT2D eigenvalue weighted by molar-refractivity contribution is -0.154. The zero-order valence-electron chi connectivity index (χ0n) is 16.7. The van der Waals surface area contributed by atoms with Crippen molar-refractivity contribution in [1.82, 2.24) is 15.0 Å². The number of imide groups is 1. The van der Waals surface area contributed by atoms with E-state index in [4.69, 9.17) is 0 Å². The topological polar surface area (TPSA) is 56.4 Å². The van der Waals surface area contributed by atoms with Crippen LogP contribution in [0.3, 0.4) is 0 Å². The van der Waals surface area contributed by atoms with Gasteiger partial charge in [0.1, 0.15) is 0 Å². The highest BCUT2D eigenvalue weighted by Gasteiger charge is 2.59. The summed E-state index contributed by atoms with van der Waals surface area (Å²) >= 11 is 0. The molecule has 3 aliphatic rings. The number of hydrazine groups is 1. The molecule has 28 heavy (non-hydrogen) atoms. The Labute approximate surface area is 165 Å². The molecule has 0 radical (unpaired) electrons. The minimum absolute atomic E-state index is 0.0202. The van der Waals surface area contributed by atoms with Crippen LogP contribution in [-0.4, -0.2) is 40.9 Å². The van der Waals surface area contributed by atoms with E-state index in [9.17, 15) is 9.59 Å². The zero-order chi connectivity index (χ0) is 19.6. The third-order valence-corrected chi connectivity index (χ3v) is 7.08. The fraction of sp³-hybridized carbons (Fsp3) is 0.478. The Morgan fingerprint density at radius 2 is 1.82 bits per heavy atom. The molecule has 1 N–H and O–H groups in total. The van der Waals surface area contributed by atoms with E-state index in [-0.39, 0.29) is 29.6 Å². The van der Waals surface area contributed by atoms with E-state index >= 15 is 0 Å². The Morgan fingerprint density at radius 1 is 1.07 bits per heavy atom. The Hall–Kier alpha value is -2.40. The maximum atomic E-state index is 13.4. The summed E-state index contributed by atoms with van der Waals surface area (Å²) in [6.45, 7) is 2.04. The van der Waals surface area contributed by atoms with Crippen molar-refractivity contribution >= 4 is 11.8 Å². The molecule has 5 nitrogen and oxygen atoms in total. The van der Waals surface area contributed by atoms with Gasteiger partial charge in [-0.05, 0) is 55.2 Å². The summed E-state index contributed by atoms with van der Waals surface area (Å²) in [6, 6.07) is 12.7. The van der Waals surface area contributed by atoms with Gasteiger partial charge in [0.25, 0.3) is 5.91 Å². The number of rotatable bonds is 2. The van der Waals surface area contributed by atoms with E-state index in [2.05, 4.69) is 35.3 Å². The van der Waals surface area contributed by atoms with Crippen molar-refractivity contribution < 1.29 is 9.59 Å². The lowest BCUT2D eigenvalue weighted by atomic mass is 9.59. The van der Waals surface area contributed by atoms with Crippen LogP contribution >= 0.6 is 0 Å². The van der Waals surface area contributed by atoms with Gasteiger partial charge in [-0.1, -0.05) is 30.3 Å². The summed E-state index contributed by atoms with van der Waals surface area (Å²) in [5.74, 6) is 0.324. The molecule has 1 aromatic carbocycles. The zero-order valence-corrected chi connectivity index (χ0v) is 16.7. The summed E-state index contributed by atoms with van der Waals surface area (Å²) in [7, 11) is 3.56. The molecule has 2 aromatic rings. The molecular weight excluding hydrogens is 350 g/mol. The monoisotopic (exact) mass is 377 g/mol. The van der Waals surface area contributed by atoms with E-state index in [1.165, 1.54) is 16.3 Å². The molecule has 5 heteroatoms. The first-order valence-electron chi connectivity index (χ1n) is 10.3. The van der Waals surface area contributed by atoms with Gasteiger partial charge in [0.05, 0.1) is 11.8 Å². The number of amides is 2. The number of nitrogens with zero attached hydrogens (tertiary/aromatic N) is 2. The number of carbonyl (C=O) groups is 2. The first-order valence-corrected chi connectivity index (χ1v) is 10.3. The van der Waals surface area contributed by atoms with Gasteiger partial charge < -0.3 is 4.98 Å². The third kappa shape index (κ3) is 2.42. The summed E-state index contributed by atoms with van der Waals surface area (Å²) in [5, 5.41) is 3.02. The Morgan fingerprint density at radius 3 is 2.54 bits per heavy atom. The maximum Gasteiger partial charge on any atom is 0.252 e. The number of benzene rings is 1. The number of hydrogen-bond acceptors (Lipinski definition) is 3. The van der Waals surface area contributed by atoms with Gasteiger partial charge in [0, 0.05) is 31.4 Å². The van der Waals surface area contributed by atoms with Crippen molar-refractivity contribution in [1.29, 1.82) is 0 Å². The highest BCUT2D eigenvalue weighted by molar-refractivity contribution is 6.08. The van der Waals surface area contributed by atoms with E-state index in [1.807, 2.05) is 13.0 Å². The van der Waals surface area contributed by atoms with E-state index in [0.717, 1.165) is 30.5 Å². The Kier molecular flexibility index (Phi) is 3.98. The van der Waals surface area contributed by atoms with Crippen LogP contribution < -0.4 is 0 Å². The molecule has 1 saturated carbocycles. The number of carbonyl (C=O) groups excluding carboxylic acids is 2. The largest absolute Gasteiger partial charge is 0.362 e. The highest BCUT2D eigenvalue weighted by Crippen LogP contribution is 2.57. The normalized spacial score (nSPS) is 31.7. The molecule has 0 bridgehead atoms. The van der Waals surface area contributed by atoms with Crippen molar-refractivity contribution in [3.05, 3.63) is 58.9 Å². The summed E-state index contributed by atoms with van der Waals surface area (Å²) in [6.07, 6.45) is 3.15. The van der Waals surface area contributed by atoms with Crippen LogP contribution in [0.1, 0.15) is 59.5 Å². The minimum atomic E-state index is -0.342. The molecule has 0 spiro atoms. The second kappa shape index (κ2) is 6.31. The van der Waals surface area contributed by atoms with E-state index < -0.39 is 0 Å². The second-order valence-corrected chi connectivity index (χ2v) is 8.85. The van der Waals surface area contributed by atoms with Crippen LogP contribution in [0.15, 0.2) is 36.4 Å². The van der Waals surface area contributed by atoms with E-state index in [0.29, 0.717) is 11.8 Å². The van der Waals surface area contributed by atoms with Gasteiger partial charge in [0.15, 0.2) is 0 Å². The van der Waals surface area contributed by atoms with Crippen LogP contribution in [0, 0.1) is 18.8 Å². The molecule has 2 heterocycles. The predicted molar refractivity (Wildman–Crippen MR) is 107 cm³/mol. The molecule has 2 fully saturated rings. The molecule has 2 aliphatic carbocycles. The van der Waals surface area contributed by atoms with Crippen molar-refractivity contribution in [2.24, 2.45) is 11.8 Å². The first-order chi connectivity index (χ1) is 13.5. The third-order valence-electron chi connectivity index (χ3n) is 7.08. The molecule has 1 aliphatic heterocycles. The number of aromatic amines is 1. The molecule has 1 aromatic heterocycles. The van der Waals surface area contributed by atoms with Gasteiger partial charge in [-0.3, -0.25) is 9.59 Å². The smallest absolute Gasteiger partial charge is 0.252 e. The minimum Gasteiger partial charge on any atom is -0.362 e. The van der Waals surface area contributed by atoms with E-state index in [1.54, 1.807) is 19.1 Å². The standard InChI is InChI=1S/C23H27N3O2/c1-13-11-18-20-19(22(27)26(23(20)28)25(2)3)17-12-15(14-7-5-4-6-8-14)9-10-16(17)21(18)24-13/h4-8,11,15-17,19-20,24H,9-10,12H2,1-3H3/t15?,16-,17+,19+,20-/m1/s1. The first kappa shape index (κ1) is 17.7. The van der Waals surface area contributed by atoms with Crippen molar-refractivity contribution in [2.45, 2.75) is 43.9 Å². The van der Waals surface area contributed by atoms with Crippen LogP contribution in [-0.2, 0) is 9.59 Å². The summed E-state index contributed by atoms with van der Waals surface area (Å²) in [4.78, 5) is 30.1. The van der Waals surface area contributed by atoms with Gasteiger partial charge in [-0.2, -0.15) is 0 Å². The quantitative estimate of drug-likeness (QED) is 0.815. The average molecular weight is 377 g/mol. The molecule has 2 amide bonds. The van der Waals surface area contributed by atoms with Crippen LogP contribution in [0.25, 0.3) is 0 Å². The molecule has 1 unspecified atom stereocenters. The van der Waals surface area contributed by atoms with Gasteiger partial charge in [0.2, 0.25) is 5.91 Å². The second-order valence-electron chi connectivity index (χ2n) is 8.85. The SMILES string of the molecule is Cc1cc2c([nH]1)[C@@H]1CCC(c3ccccc3)C[C@@H]1[C@@H]1C(=O)N(N(C)C)C(=O)[C@H]21. The van der Waals surface area contributed by atoms with Crippen molar-refractivity contribution in [2.75, 3.05) is 14.1 Å². The number of aryl methyl sites for hydroxylation is 1. The van der Waals surface area contributed by atoms with Gasteiger partial charge in [-0.15, -0.1) is 0 Å². The lowest BCUT2D eigenvalue weighted by Gasteiger charge is -2.43. The number of nitrogens with one attached hydrogen (secondary N) is 1. The molecular formula is C23H27N3O2. The summed E-state index contributed by atoms with van der Waals surface area (Å²) in [5.41, 5.74) is 4.70. The predicted octanol–water partition coefficient (Wildman–Crippen LogP) is 3.55. The van der Waals surface area contributed by atoms with Crippen LogP contribution in [0.4, 0.5) is 0 Å². The van der Waals surface area contributed by atoms with Gasteiger partial charge in [-0.25, -0.2) is 10.0 Å². The molecule has 146 valence electrons. The molecule has 1 saturated heterocycles. The summed E-state index contributed by atoms with van der Waals surface area (Å²) < 4.78 is 0. The Bertz CT molecular complexity index is 933. The number of H-pyrrole nitrogens is 1. The Balaban J connectivity index is 1.58. The molecule has 5 rings (SSSR count). The number of aromatic nitrogens is 1. The highest BCUT2D eigenvalue weighted by atomic mass is 16.2. The fourth-order valence-electron chi connectivity index (χ4n) is 6.01. The fourth-order valence-corrected chi connectivity index (χ4v) is 6.01. The lowest BCUT2D eigenvalue weighted by Crippen LogP contribution is -2.43. The average Bonchev–Trinajstić information content (AvgIpc) is 3.19. The number of hydrogen-bond donors (Lipinski definition) is 1. The maximum absolute atomic E-state index is 13.4.